The number of benzene rings is 1. The van der Waals surface area contributed by atoms with E-state index in [9.17, 15) is 9.90 Å². The van der Waals surface area contributed by atoms with Crippen molar-refractivity contribution in [3.63, 3.8) is 0 Å². The van der Waals surface area contributed by atoms with Crippen molar-refractivity contribution in [2.75, 3.05) is 26.2 Å². The van der Waals surface area contributed by atoms with Gasteiger partial charge in [-0.05, 0) is 43.2 Å². The molecule has 4 heteroatoms. The Morgan fingerprint density at radius 2 is 2.00 bits per heavy atom. The first-order chi connectivity index (χ1) is 11.1. The van der Waals surface area contributed by atoms with E-state index >= 15 is 0 Å². The summed E-state index contributed by atoms with van der Waals surface area (Å²) in [6.45, 7) is 8.29. The van der Waals surface area contributed by atoms with Gasteiger partial charge in [-0.3, -0.25) is 9.69 Å². The molecule has 126 valence electrons. The Bertz CT molecular complexity index is 554. The van der Waals surface area contributed by atoms with E-state index < -0.39 is 0 Å². The van der Waals surface area contributed by atoms with Crippen LogP contribution in [0.4, 0.5) is 0 Å². The average molecular weight is 316 g/mol. The molecule has 2 aliphatic rings. The second-order valence-corrected chi connectivity index (χ2v) is 7.37. The van der Waals surface area contributed by atoms with Crippen LogP contribution in [0.15, 0.2) is 24.3 Å². The van der Waals surface area contributed by atoms with Crippen LogP contribution in [0.25, 0.3) is 0 Å². The highest BCUT2D eigenvalue weighted by Crippen LogP contribution is 2.32. The van der Waals surface area contributed by atoms with Crippen LogP contribution in [0.2, 0.25) is 0 Å². The number of aromatic hydroxyl groups is 1. The number of amides is 1. The molecular weight excluding hydrogens is 288 g/mol. The van der Waals surface area contributed by atoms with Crippen molar-refractivity contribution in [1.29, 1.82) is 0 Å². The fraction of sp³-hybridized carbons (Fsp3) is 0.632. The molecular formula is C19H28N2O2. The van der Waals surface area contributed by atoms with Gasteiger partial charge in [-0.2, -0.15) is 0 Å². The second kappa shape index (κ2) is 6.91. The van der Waals surface area contributed by atoms with E-state index in [1.807, 2.05) is 11.0 Å². The van der Waals surface area contributed by atoms with Gasteiger partial charge in [0.25, 0.3) is 5.91 Å². The molecule has 1 amide bonds. The van der Waals surface area contributed by atoms with Gasteiger partial charge >= 0.3 is 0 Å². The number of nitrogens with zero attached hydrogens (tertiary/aromatic N) is 2. The van der Waals surface area contributed by atoms with Gasteiger partial charge in [-0.1, -0.05) is 26.0 Å². The maximum atomic E-state index is 12.8. The number of carbonyl (C=O) groups excluding carboxylic acids is 1. The fourth-order valence-corrected chi connectivity index (χ4v) is 3.56. The summed E-state index contributed by atoms with van der Waals surface area (Å²) in [5, 5.41) is 9.98. The molecule has 1 unspecified atom stereocenters. The number of phenols is 1. The van der Waals surface area contributed by atoms with Gasteiger partial charge in [0, 0.05) is 32.2 Å². The standard InChI is InChI=1S/C19H28N2O2/c1-14(2)17-13-21(11-5-10-20(17)12-15-8-9-15)19(23)16-6-3-4-7-18(16)22/h3-4,6-7,14-15,17,22H,5,8-13H2,1-2H3. The molecule has 1 saturated heterocycles. The Morgan fingerprint density at radius 1 is 1.26 bits per heavy atom. The first-order valence-electron chi connectivity index (χ1n) is 8.87. The van der Waals surface area contributed by atoms with E-state index in [0.717, 1.165) is 32.0 Å². The molecule has 0 radical (unpaired) electrons. The number of phenolic OH excluding ortho intramolecular Hbond substituents is 1. The molecule has 1 N–H and O–H groups in total. The molecule has 1 aromatic carbocycles. The lowest BCUT2D eigenvalue weighted by molar-refractivity contribution is 0.0701. The molecule has 1 aromatic rings. The minimum Gasteiger partial charge on any atom is -0.507 e. The summed E-state index contributed by atoms with van der Waals surface area (Å²) >= 11 is 0. The van der Waals surface area contributed by atoms with Crippen molar-refractivity contribution in [3.8, 4) is 5.75 Å². The Morgan fingerprint density at radius 3 is 2.65 bits per heavy atom. The van der Waals surface area contributed by atoms with E-state index in [1.54, 1.807) is 18.2 Å². The number of rotatable bonds is 4. The van der Waals surface area contributed by atoms with Crippen molar-refractivity contribution in [2.45, 2.75) is 39.2 Å². The molecule has 1 heterocycles. The summed E-state index contributed by atoms with van der Waals surface area (Å²) in [6, 6.07) is 7.28. The number of hydrogen-bond acceptors (Lipinski definition) is 3. The monoisotopic (exact) mass is 316 g/mol. The van der Waals surface area contributed by atoms with Crippen LogP contribution >= 0.6 is 0 Å². The molecule has 1 saturated carbocycles. The third kappa shape index (κ3) is 3.86. The normalized spacial score (nSPS) is 23.1. The SMILES string of the molecule is CC(C)C1CN(C(=O)c2ccccc2O)CCCN1CC1CC1. The molecule has 1 aliphatic heterocycles. The quantitative estimate of drug-likeness (QED) is 0.929. The zero-order valence-corrected chi connectivity index (χ0v) is 14.2. The smallest absolute Gasteiger partial charge is 0.257 e. The number of para-hydroxylation sites is 1. The molecule has 1 aliphatic carbocycles. The highest BCUT2D eigenvalue weighted by atomic mass is 16.3. The molecule has 0 spiro atoms. The summed E-state index contributed by atoms with van der Waals surface area (Å²) in [6.07, 6.45) is 3.74. The van der Waals surface area contributed by atoms with Crippen LogP contribution in [-0.4, -0.2) is 53.0 Å². The first-order valence-corrected chi connectivity index (χ1v) is 8.87. The van der Waals surface area contributed by atoms with Crippen molar-refractivity contribution >= 4 is 5.91 Å². The summed E-state index contributed by atoms with van der Waals surface area (Å²) in [4.78, 5) is 17.4. The van der Waals surface area contributed by atoms with Gasteiger partial charge < -0.3 is 10.0 Å². The minimum absolute atomic E-state index is 0.0398. The van der Waals surface area contributed by atoms with Gasteiger partial charge in [0.2, 0.25) is 0 Å². The summed E-state index contributed by atoms with van der Waals surface area (Å²) in [5.74, 6) is 1.43. The highest BCUT2D eigenvalue weighted by Gasteiger charge is 2.33. The van der Waals surface area contributed by atoms with Gasteiger partial charge in [0.15, 0.2) is 0 Å². The Balaban J connectivity index is 1.75. The highest BCUT2D eigenvalue weighted by molar-refractivity contribution is 5.96. The van der Waals surface area contributed by atoms with Crippen LogP contribution in [0.1, 0.15) is 43.5 Å². The van der Waals surface area contributed by atoms with Crippen LogP contribution < -0.4 is 0 Å². The molecule has 0 bridgehead atoms. The maximum absolute atomic E-state index is 12.8. The van der Waals surface area contributed by atoms with E-state index in [0.29, 0.717) is 17.5 Å². The van der Waals surface area contributed by atoms with Gasteiger partial charge in [0.1, 0.15) is 5.75 Å². The predicted octanol–water partition coefficient (Wildman–Crippen LogP) is 2.97. The fourth-order valence-electron chi connectivity index (χ4n) is 3.56. The van der Waals surface area contributed by atoms with Crippen molar-refractivity contribution in [2.24, 2.45) is 11.8 Å². The number of carbonyl (C=O) groups is 1. The topological polar surface area (TPSA) is 43.8 Å². The number of hydrogen-bond donors (Lipinski definition) is 1. The van der Waals surface area contributed by atoms with E-state index in [1.165, 1.54) is 19.4 Å². The van der Waals surface area contributed by atoms with Gasteiger partial charge in [-0.25, -0.2) is 0 Å². The maximum Gasteiger partial charge on any atom is 0.257 e. The molecule has 23 heavy (non-hydrogen) atoms. The molecule has 3 rings (SSSR count). The van der Waals surface area contributed by atoms with Crippen molar-refractivity contribution in [1.82, 2.24) is 9.80 Å². The van der Waals surface area contributed by atoms with Crippen molar-refractivity contribution < 1.29 is 9.90 Å². The van der Waals surface area contributed by atoms with E-state index in [2.05, 4.69) is 18.7 Å². The summed E-state index contributed by atoms with van der Waals surface area (Å²) in [7, 11) is 0. The predicted molar refractivity (Wildman–Crippen MR) is 91.6 cm³/mol. The van der Waals surface area contributed by atoms with Crippen LogP contribution in [0, 0.1) is 11.8 Å². The minimum atomic E-state index is -0.0398. The molecule has 4 nitrogen and oxygen atoms in total. The lowest BCUT2D eigenvalue weighted by Crippen LogP contribution is -2.46. The van der Waals surface area contributed by atoms with E-state index in [-0.39, 0.29) is 11.7 Å². The Kier molecular flexibility index (Phi) is 4.90. The second-order valence-electron chi connectivity index (χ2n) is 7.37. The molecule has 2 fully saturated rings. The summed E-state index contributed by atoms with van der Waals surface area (Å²) in [5.41, 5.74) is 0.422. The van der Waals surface area contributed by atoms with Crippen LogP contribution in [0.5, 0.6) is 5.75 Å². The Hall–Kier alpha value is -1.55. The van der Waals surface area contributed by atoms with Gasteiger partial charge in [-0.15, -0.1) is 0 Å². The summed E-state index contributed by atoms with van der Waals surface area (Å²) < 4.78 is 0. The third-order valence-electron chi connectivity index (χ3n) is 5.13. The van der Waals surface area contributed by atoms with Crippen LogP contribution in [-0.2, 0) is 0 Å². The van der Waals surface area contributed by atoms with E-state index in [4.69, 9.17) is 0 Å². The third-order valence-corrected chi connectivity index (χ3v) is 5.13. The Labute approximate surface area is 139 Å². The van der Waals surface area contributed by atoms with Crippen molar-refractivity contribution in [3.05, 3.63) is 29.8 Å². The zero-order chi connectivity index (χ0) is 16.4. The van der Waals surface area contributed by atoms with Gasteiger partial charge in [0.05, 0.1) is 5.56 Å². The zero-order valence-electron chi connectivity index (χ0n) is 14.2. The average Bonchev–Trinajstić information content (AvgIpc) is 3.34. The lowest BCUT2D eigenvalue weighted by atomic mass is 10.0. The lowest BCUT2D eigenvalue weighted by Gasteiger charge is -2.34. The molecule has 1 atom stereocenters. The first kappa shape index (κ1) is 16.3. The molecule has 0 aromatic heterocycles. The largest absolute Gasteiger partial charge is 0.507 e. The van der Waals surface area contributed by atoms with Crippen LogP contribution in [0.3, 0.4) is 0 Å².